The van der Waals surface area contributed by atoms with E-state index in [9.17, 15) is 0 Å². The molecule has 1 fully saturated rings. The van der Waals surface area contributed by atoms with E-state index in [4.69, 9.17) is 19.2 Å². The number of nitrogens with zero attached hydrogens (tertiary/aromatic N) is 2. The summed E-state index contributed by atoms with van der Waals surface area (Å²) in [7, 11) is 1.70. The van der Waals surface area contributed by atoms with Crippen molar-refractivity contribution in [2.75, 3.05) is 53.2 Å². The summed E-state index contributed by atoms with van der Waals surface area (Å²) in [5.41, 5.74) is 1.16. The van der Waals surface area contributed by atoms with E-state index in [1.165, 1.54) is 0 Å². The first-order valence-electron chi connectivity index (χ1n) is 10.4. The summed E-state index contributed by atoms with van der Waals surface area (Å²) in [4.78, 5) is 7.20. The van der Waals surface area contributed by atoms with Crippen molar-refractivity contribution in [3.05, 3.63) is 29.8 Å². The van der Waals surface area contributed by atoms with Gasteiger partial charge in [-0.05, 0) is 37.0 Å². The van der Waals surface area contributed by atoms with Crippen molar-refractivity contribution in [2.45, 2.75) is 33.7 Å². The SMILES string of the molecule is CCNC(=NCc1cccc(OCC(C)C)c1)N1CCC(COCCOC)C1. The smallest absolute Gasteiger partial charge is 0.194 e. The first-order valence-corrected chi connectivity index (χ1v) is 10.4. The minimum atomic E-state index is 0.517. The van der Waals surface area contributed by atoms with Crippen molar-refractivity contribution in [2.24, 2.45) is 16.8 Å². The minimum Gasteiger partial charge on any atom is -0.493 e. The first-order chi connectivity index (χ1) is 13.6. The number of benzene rings is 1. The molecule has 1 aliphatic heterocycles. The van der Waals surface area contributed by atoms with Gasteiger partial charge in [0.1, 0.15) is 5.75 Å². The molecule has 0 bridgehead atoms. The average molecular weight is 392 g/mol. The highest BCUT2D eigenvalue weighted by molar-refractivity contribution is 5.80. The molecule has 6 heteroatoms. The average Bonchev–Trinajstić information content (AvgIpc) is 3.16. The van der Waals surface area contributed by atoms with E-state index >= 15 is 0 Å². The molecule has 0 saturated carbocycles. The van der Waals surface area contributed by atoms with Crippen LogP contribution in [0.3, 0.4) is 0 Å². The molecule has 1 aromatic rings. The van der Waals surface area contributed by atoms with Gasteiger partial charge in [0.15, 0.2) is 5.96 Å². The molecule has 0 amide bonds. The zero-order valence-corrected chi connectivity index (χ0v) is 17.9. The molecule has 28 heavy (non-hydrogen) atoms. The maximum Gasteiger partial charge on any atom is 0.194 e. The second-order valence-electron chi connectivity index (χ2n) is 7.69. The van der Waals surface area contributed by atoms with Crippen LogP contribution in [0, 0.1) is 11.8 Å². The number of hydrogen-bond donors (Lipinski definition) is 1. The predicted molar refractivity (Wildman–Crippen MR) is 114 cm³/mol. The van der Waals surface area contributed by atoms with Gasteiger partial charge >= 0.3 is 0 Å². The lowest BCUT2D eigenvalue weighted by molar-refractivity contribution is 0.0536. The second kappa shape index (κ2) is 12.6. The summed E-state index contributed by atoms with van der Waals surface area (Å²) in [5, 5.41) is 3.43. The Kier molecular flexibility index (Phi) is 10.1. The van der Waals surface area contributed by atoms with Gasteiger partial charge in [0, 0.05) is 32.7 Å². The third-order valence-corrected chi connectivity index (χ3v) is 4.60. The van der Waals surface area contributed by atoms with Crippen LogP contribution in [-0.4, -0.2) is 64.0 Å². The van der Waals surface area contributed by atoms with Crippen LogP contribution >= 0.6 is 0 Å². The molecule has 158 valence electrons. The van der Waals surface area contributed by atoms with Crippen molar-refractivity contribution in [1.82, 2.24) is 10.2 Å². The summed E-state index contributed by atoms with van der Waals surface area (Å²) >= 11 is 0. The Balaban J connectivity index is 1.89. The third-order valence-electron chi connectivity index (χ3n) is 4.60. The van der Waals surface area contributed by atoms with E-state index in [0.717, 1.165) is 56.5 Å². The highest BCUT2D eigenvalue weighted by atomic mass is 16.5. The summed E-state index contributed by atoms with van der Waals surface area (Å²) in [6.45, 7) is 12.8. The molecule has 6 nitrogen and oxygen atoms in total. The van der Waals surface area contributed by atoms with Crippen LogP contribution in [0.4, 0.5) is 0 Å². The van der Waals surface area contributed by atoms with E-state index in [-0.39, 0.29) is 0 Å². The predicted octanol–water partition coefficient (Wildman–Crippen LogP) is 3.17. The number of methoxy groups -OCH3 is 1. The van der Waals surface area contributed by atoms with Crippen molar-refractivity contribution in [1.29, 1.82) is 0 Å². The summed E-state index contributed by atoms with van der Waals surface area (Å²) < 4.78 is 16.6. The molecule has 0 spiro atoms. The monoisotopic (exact) mass is 391 g/mol. The number of ether oxygens (including phenoxy) is 3. The Morgan fingerprint density at radius 3 is 2.93 bits per heavy atom. The summed E-state index contributed by atoms with van der Waals surface area (Å²) in [5.74, 6) is 2.97. The van der Waals surface area contributed by atoms with Crippen molar-refractivity contribution >= 4 is 5.96 Å². The maximum atomic E-state index is 5.83. The number of rotatable bonds is 11. The Bertz CT molecular complexity index is 592. The van der Waals surface area contributed by atoms with Crippen LogP contribution in [0.2, 0.25) is 0 Å². The molecule has 1 heterocycles. The first kappa shape index (κ1) is 22.5. The van der Waals surface area contributed by atoms with Gasteiger partial charge in [-0.1, -0.05) is 26.0 Å². The van der Waals surface area contributed by atoms with Gasteiger partial charge in [-0.15, -0.1) is 0 Å². The Hall–Kier alpha value is -1.79. The van der Waals surface area contributed by atoms with Gasteiger partial charge in [-0.25, -0.2) is 4.99 Å². The van der Waals surface area contributed by atoms with Crippen LogP contribution in [0.1, 0.15) is 32.8 Å². The Morgan fingerprint density at radius 1 is 1.32 bits per heavy atom. The molecule has 1 unspecified atom stereocenters. The fraction of sp³-hybridized carbons (Fsp3) is 0.682. The third kappa shape index (κ3) is 8.07. The van der Waals surface area contributed by atoms with Gasteiger partial charge in [-0.2, -0.15) is 0 Å². The lowest BCUT2D eigenvalue weighted by Gasteiger charge is -2.21. The lowest BCUT2D eigenvalue weighted by Crippen LogP contribution is -2.40. The molecule has 1 aromatic carbocycles. The second-order valence-corrected chi connectivity index (χ2v) is 7.69. The molecule has 0 aliphatic carbocycles. The standard InChI is InChI=1S/C22H37N3O3/c1-5-23-22(25-10-9-20(15-25)17-27-12-11-26-4)24-14-19-7-6-8-21(13-19)28-16-18(2)3/h6-8,13,18,20H,5,9-12,14-17H2,1-4H3,(H,23,24). The molecule has 2 rings (SSSR count). The van der Waals surface area contributed by atoms with E-state index in [0.29, 0.717) is 31.6 Å². The molecule has 1 saturated heterocycles. The maximum absolute atomic E-state index is 5.83. The number of likely N-dealkylation sites (tertiary alicyclic amines) is 1. The zero-order chi connectivity index (χ0) is 20.2. The highest BCUT2D eigenvalue weighted by Crippen LogP contribution is 2.18. The molecule has 0 radical (unpaired) electrons. The fourth-order valence-electron chi connectivity index (χ4n) is 3.14. The minimum absolute atomic E-state index is 0.517. The van der Waals surface area contributed by atoms with Crippen LogP contribution in [0.5, 0.6) is 5.75 Å². The van der Waals surface area contributed by atoms with E-state index in [2.05, 4.69) is 43.1 Å². The molecule has 1 atom stereocenters. The number of nitrogens with one attached hydrogen (secondary N) is 1. The van der Waals surface area contributed by atoms with E-state index in [1.54, 1.807) is 7.11 Å². The quantitative estimate of drug-likeness (QED) is 0.357. The summed E-state index contributed by atoms with van der Waals surface area (Å²) in [6, 6.07) is 8.24. The lowest BCUT2D eigenvalue weighted by atomic mass is 10.1. The molecule has 1 aliphatic rings. The topological polar surface area (TPSA) is 55.3 Å². The Morgan fingerprint density at radius 2 is 2.18 bits per heavy atom. The van der Waals surface area contributed by atoms with Gasteiger partial charge in [-0.3, -0.25) is 0 Å². The van der Waals surface area contributed by atoms with Gasteiger partial charge in [0.25, 0.3) is 0 Å². The van der Waals surface area contributed by atoms with Gasteiger partial charge in [0.2, 0.25) is 0 Å². The zero-order valence-electron chi connectivity index (χ0n) is 17.9. The van der Waals surface area contributed by atoms with E-state index in [1.807, 2.05) is 12.1 Å². The Labute approximate surface area is 170 Å². The van der Waals surface area contributed by atoms with Crippen LogP contribution in [0.15, 0.2) is 29.3 Å². The van der Waals surface area contributed by atoms with Crippen LogP contribution in [0.25, 0.3) is 0 Å². The molecule has 1 N–H and O–H groups in total. The van der Waals surface area contributed by atoms with Gasteiger partial charge in [0.05, 0.1) is 33.0 Å². The highest BCUT2D eigenvalue weighted by Gasteiger charge is 2.24. The number of guanidine groups is 1. The van der Waals surface area contributed by atoms with Crippen molar-refractivity contribution < 1.29 is 14.2 Å². The van der Waals surface area contributed by atoms with Crippen LogP contribution in [-0.2, 0) is 16.0 Å². The van der Waals surface area contributed by atoms with E-state index < -0.39 is 0 Å². The van der Waals surface area contributed by atoms with Crippen LogP contribution < -0.4 is 10.1 Å². The normalized spacial score (nSPS) is 17.4. The molecule has 0 aromatic heterocycles. The molecular formula is C22H37N3O3. The van der Waals surface area contributed by atoms with Gasteiger partial charge < -0.3 is 24.4 Å². The number of aliphatic imine (C=N–C) groups is 1. The largest absolute Gasteiger partial charge is 0.493 e. The van der Waals surface area contributed by atoms with Crippen molar-refractivity contribution in [3.63, 3.8) is 0 Å². The molecular weight excluding hydrogens is 354 g/mol. The number of hydrogen-bond acceptors (Lipinski definition) is 4. The summed E-state index contributed by atoms with van der Waals surface area (Å²) in [6.07, 6.45) is 1.13. The van der Waals surface area contributed by atoms with Crippen molar-refractivity contribution in [3.8, 4) is 5.75 Å². The fourth-order valence-corrected chi connectivity index (χ4v) is 3.14.